The van der Waals surface area contributed by atoms with Crippen LogP contribution in [0.2, 0.25) is 0 Å². The van der Waals surface area contributed by atoms with Crippen molar-refractivity contribution < 1.29 is 5.11 Å². The standard InChI is InChI=1S/C28H41NO/c1-19(7-9-21-6-4-5-17-29-21)24-11-12-25-23-10-8-20-18-22(30)13-15-27(20,2)26(23)14-16-28(24,25)3/h4-6,8,17,19,22-26,30H,7,9-16,18H2,1-3H3/t19-,22+,23+,24-,25+,26+,27+,28-/m1/s1. The SMILES string of the molecule is C[C@H](CCc1ccccn1)[C@H]1CC[C@H]2[C@@H]3CC=C4C[C@@H](O)CC[C@]4(C)[C@H]3CC[C@]12C. The number of aryl methyl sites for hydroxylation is 1. The van der Waals surface area contributed by atoms with Crippen LogP contribution in [0.1, 0.15) is 84.3 Å². The Bertz CT molecular complexity index is 787. The average molecular weight is 408 g/mol. The minimum atomic E-state index is -0.0921. The zero-order chi connectivity index (χ0) is 20.9. The number of pyridine rings is 1. The molecule has 4 aliphatic rings. The highest BCUT2D eigenvalue weighted by Gasteiger charge is 2.59. The first-order chi connectivity index (χ1) is 14.4. The molecule has 3 fully saturated rings. The molecule has 4 aliphatic carbocycles. The van der Waals surface area contributed by atoms with Gasteiger partial charge in [-0.3, -0.25) is 4.98 Å². The Morgan fingerprint density at radius 3 is 2.77 bits per heavy atom. The van der Waals surface area contributed by atoms with Crippen molar-refractivity contribution in [3.05, 3.63) is 41.7 Å². The second-order valence-corrected chi connectivity index (χ2v) is 11.7. The van der Waals surface area contributed by atoms with Crippen LogP contribution in [0.4, 0.5) is 0 Å². The number of hydrogen-bond donors (Lipinski definition) is 1. The van der Waals surface area contributed by atoms with E-state index in [2.05, 4.69) is 44.0 Å². The van der Waals surface area contributed by atoms with E-state index in [1.165, 1.54) is 50.6 Å². The van der Waals surface area contributed by atoms with Gasteiger partial charge in [0.2, 0.25) is 0 Å². The van der Waals surface area contributed by atoms with E-state index in [0.29, 0.717) is 10.8 Å². The van der Waals surface area contributed by atoms with Gasteiger partial charge in [0.1, 0.15) is 0 Å². The third-order valence-electron chi connectivity index (χ3n) is 10.4. The summed E-state index contributed by atoms with van der Waals surface area (Å²) < 4.78 is 0. The summed E-state index contributed by atoms with van der Waals surface area (Å²) in [6.07, 6.45) is 16.9. The molecule has 1 aromatic heterocycles. The quantitative estimate of drug-likeness (QED) is 0.571. The molecule has 164 valence electrons. The van der Waals surface area contributed by atoms with Crippen molar-refractivity contribution in [2.45, 2.75) is 91.1 Å². The maximum absolute atomic E-state index is 10.2. The molecule has 0 bridgehead atoms. The van der Waals surface area contributed by atoms with Gasteiger partial charge in [0.15, 0.2) is 0 Å². The molecule has 0 spiro atoms. The van der Waals surface area contributed by atoms with E-state index < -0.39 is 0 Å². The predicted octanol–water partition coefficient (Wildman–Crippen LogP) is 6.59. The molecule has 8 atom stereocenters. The molecule has 0 radical (unpaired) electrons. The summed E-state index contributed by atoms with van der Waals surface area (Å²) in [5, 5.41) is 10.2. The number of aliphatic hydroxyl groups excluding tert-OH is 1. The van der Waals surface area contributed by atoms with Crippen LogP contribution in [0, 0.1) is 40.4 Å². The minimum absolute atomic E-state index is 0.0921. The Morgan fingerprint density at radius 2 is 1.97 bits per heavy atom. The van der Waals surface area contributed by atoms with Crippen molar-refractivity contribution in [3.63, 3.8) is 0 Å². The number of hydrogen-bond acceptors (Lipinski definition) is 2. The molecule has 1 aromatic rings. The van der Waals surface area contributed by atoms with Crippen LogP contribution in [0.5, 0.6) is 0 Å². The first-order valence-electron chi connectivity index (χ1n) is 12.7. The maximum atomic E-state index is 10.2. The Balaban J connectivity index is 1.31. The first kappa shape index (κ1) is 20.7. The van der Waals surface area contributed by atoms with Gasteiger partial charge in [-0.05, 0) is 117 Å². The van der Waals surface area contributed by atoms with E-state index in [0.717, 1.165) is 48.9 Å². The van der Waals surface area contributed by atoms with Crippen molar-refractivity contribution in [1.29, 1.82) is 0 Å². The highest BCUT2D eigenvalue weighted by Crippen LogP contribution is 2.67. The summed E-state index contributed by atoms with van der Waals surface area (Å²) >= 11 is 0. The summed E-state index contributed by atoms with van der Waals surface area (Å²) in [4.78, 5) is 4.56. The summed E-state index contributed by atoms with van der Waals surface area (Å²) in [5.41, 5.74) is 3.75. The number of allylic oxidation sites excluding steroid dienone is 1. The van der Waals surface area contributed by atoms with E-state index in [-0.39, 0.29) is 6.10 Å². The van der Waals surface area contributed by atoms with Gasteiger partial charge < -0.3 is 5.11 Å². The van der Waals surface area contributed by atoms with Crippen molar-refractivity contribution in [3.8, 4) is 0 Å². The monoisotopic (exact) mass is 407 g/mol. The Hall–Kier alpha value is -1.15. The molecule has 2 nitrogen and oxygen atoms in total. The molecule has 0 unspecified atom stereocenters. The van der Waals surface area contributed by atoms with E-state index in [1.807, 2.05) is 12.3 Å². The number of aliphatic hydroxyl groups is 1. The van der Waals surface area contributed by atoms with E-state index in [4.69, 9.17) is 0 Å². The first-order valence-corrected chi connectivity index (χ1v) is 12.7. The molecule has 30 heavy (non-hydrogen) atoms. The molecular formula is C28H41NO. The summed E-state index contributed by atoms with van der Waals surface area (Å²) in [6, 6.07) is 6.33. The zero-order valence-corrected chi connectivity index (χ0v) is 19.3. The fourth-order valence-corrected chi connectivity index (χ4v) is 8.74. The number of aromatic nitrogens is 1. The van der Waals surface area contributed by atoms with Gasteiger partial charge in [0, 0.05) is 11.9 Å². The molecule has 1 N–H and O–H groups in total. The number of nitrogens with zero attached hydrogens (tertiary/aromatic N) is 1. The van der Waals surface area contributed by atoms with Crippen LogP contribution < -0.4 is 0 Å². The van der Waals surface area contributed by atoms with Gasteiger partial charge in [0.05, 0.1) is 6.10 Å². The lowest BCUT2D eigenvalue weighted by molar-refractivity contribution is -0.0571. The summed E-state index contributed by atoms with van der Waals surface area (Å²) in [5.74, 6) is 4.29. The van der Waals surface area contributed by atoms with E-state index in [1.54, 1.807) is 5.57 Å². The van der Waals surface area contributed by atoms with Crippen LogP contribution in [0.25, 0.3) is 0 Å². The highest BCUT2D eigenvalue weighted by molar-refractivity contribution is 5.25. The average Bonchev–Trinajstić information content (AvgIpc) is 3.10. The van der Waals surface area contributed by atoms with Crippen molar-refractivity contribution in [1.82, 2.24) is 4.98 Å². The lowest BCUT2D eigenvalue weighted by Gasteiger charge is -2.58. The summed E-state index contributed by atoms with van der Waals surface area (Å²) in [6.45, 7) is 7.73. The van der Waals surface area contributed by atoms with Gasteiger partial charge in [0.25, 0.3) is 0 Å². The predicted molar refractivity (Wildman–Crippen MR) is 123 cm³/mol. The second kappa shape index (κ2) is 7.76. The van der Waals surface area contributed by atoms with E-state index >= 15 is 0 Å². The van der Waals surface area contributed by atoms with Crippen molar-refractivity contribution >= 4 is 0 Å². The Morgan fingerprint density at radius 1 is 1.10 bits per heavy atom. The lowest BCUT2D eigenvalue weighted by Crippen LogP contribution is -2.50. The Kier molecular flexibility index (Phi) is 5.37. The largest absolute Gasteiger partial charge is 0.393 e. The molecule has 0 aromatic carbocycles. The fraction of sp³-hybridized carbons (Fsp3) is 0.750. The maximum Gasteiger partial charge on any atom is 0.0577 e. The second-order valence-electron chi connectivity index (χ2n) is 11.7. The lowest BCUT2D eigenvalue weighted by atomic mass is 9.47. The van der Waals surface area contributed by atoms with E-state index in [9.17, 15) is 5.11 Å². The minimum Gasteiger partial charge on any atom is -0.393 e. The van der Waals surface area contributed by atoms with Crippen LogP contribution in [0.15, 0.2) is 36.0 Å². The normalized spacial score (nSPS) is 43.9. The third-order valence-corrected chi connectivity index (χ3v) is 10.4. The smallest absolute Gasteiger partial charge is 0.0577 e. The molecule has 2 heteroatoms. The molecule has 1 heterocycles. The zero-order valence-electron chi connectivity index (χ0n) is 19.3. The van der Waals surface area contributed by atoms with Gasteiger partial charge in [-0.15, -0.1) is 0 Å². The molecule has 5 rings (SSSR count). The Labute approximate surface area is 183 Å². The van der Waals surface area contributed by atoms with Crippen LogP contribution in [0.3, 0.4) is 0 Å². The van der Waals surface area contributed by atoms with Crippen LogP contribution in [-0.2, 0) is 6.42 Å². The highest BCUT2D eigenvalue weighted by atomic mass is 16.3. The molecule has 0 aliphatic heterocycles. The number of fused-ring (bicyclic) bond motifs is 5. The van der Waals surface area contributed by atoms with Crippen molar-refractivity contribution in [2.75, 3.05) is 0 Å². The topological polar surface area (TPSA) is 33.1 Å². The van der Waals surface area contributed by atoms with Crippen LogP contribution >= 0.6 is 0 Å². The van der Waals surface area contributed by atoms with Crippen LogP contribution in [-0.4, -0.2) is 16.2 Å². The number of rotatable bonds is 4. The van der Waals surface area contributed by atoms with Gasteiger partial charge >= 0.3 is 0 Å². The molecular weight excluding hydrogens is 366 g/mol. The molecule has 3 saturated carbocycles. The van der Waals surface area contributed by atoms with Gasteiger partial charge in [-0.25, -0.2) is 0 Å². The van der Waals surface area contributed by atoms with Crippen molar-refractivity contribution in [2.24, 2.45) is 40.4 Å². The fourth-order valence-electron chi connectivity index (χ4n) is 8.74. The third kappa shape index (κ3) is 3.29. The molecule has 0 amide bonds. The van der Waals surface area contributed by atoms with Gasteiger partial charge in [-0.1, -0.05) is 38.5 Å². The summed E-state index contributed by atoms with van der Waals surface area (Å²) in [7, 11) is 0. The molecule has 0 saturated heterocycles. The van der Waals surface area contributed by atoms with Gasteiger partial charge in [-0.2, -0.15) is 0 Å².